The van der Waals surface area contributed by atoms with Gasteiger partial charge in [-0.15, -0.1) is 21.9 Å². The minimum Gasteiger partial charge on any atom is -0.471 e. The van der Waals surface area contributed by atoms with Crippen LogP contribution in [0.4, 0.5) is 24.5 Å². The molecule has 1 fully saturated rings. The van der Waals surface area contributed by atoms with Crippen molar-refractivity contribution in [3.63, 3.8) is 0 Å². The monoisotopic (exact) mass is 553 g/mol. The Morgan fingerprint density at radius 3 is 2.60 bits per heavy atom. The average Bonchev–Trinajstić information content (AvgIpc) is 2.95. The molecule has 8 nitrogen and oxygen atoms in total. The first-order valence-electron chi connectivity index (χ1n) is 13.4. The third-order valence-electron chi connectivity index (χ3n) is 6.71. The molecule has 4 rings (SSSR count). The van der Waals surface area contributed by atoms with Crippen molar-refractivity contribution in [1.29, 1.82) is 0 Å². The predicted molar refractivity (Wildman–Crippen MR) is 150 cm³/mol. The molecule has 1 unspecified atom stereocenters. The molecule has 3 aromatic rings. The molecule has 3 aromatic heterocycles. The number of ether oxygens (including phenoxy) is 1. The summed E-state index contributed by atoms with van der Waals surface area (Å²) in [5, 5.41) is 18.7. The maximum Gasteiger partial charge on any atom is 0.435 e. The fraction of sp³-hybridized carbons (Fsp3) is 0.414. The largest absolute Gasteiger partial charge is 0.471 e. The summed E-state index contributed by atoms with van der Waals surface area (Å²) in [6.45, 7) is 13.5. The minimum atomic E-state index is -4.61. The van der Waals surface area contributed by atoms with Gasteiger partial charge in [-0.2, -0.15) is 18.3 Å². The lowest BCUT2D eigenvalue weighted by Crippen LogP contribution is -2.31. The van der Waals surface area contributed by atoms with E-state index in [0.717, 1.165) is 68.2 Å². The Balaban J connectivity index is 1.64. The third kappa shape index (κ3) is 7.13. The predicted octanol–water partition coefficient (Wildman–Crippen LogP) is 6.85. The molecule has 40 heavy (non-hydrogen) atoms. The Hall–Kier alpha value is -4.02. The van der Waals surface area contributed by atoms with Crippen molar-refractivity contribution in [2.24, 2.45) is 0 Å². The van der Waals surface area contributed by atoms with Crippen molar-refractivity contribution in [2.75, 3.05) is 23.3 Å². The Kier molecular flexibility index (Phi) is 9.34. The summed E-state index contributed by atoms with van der Waals surface area (Å²) in [6, 6.07) is 4.71. The summed E-state index contributed by atoms with van der Waals surface area (Å²) >= 11 is 0. The van der Waals surface area contributed by atoms with Gasteiger partial charge >= 0.3 is 6.18 Å². The third-order valence-corrected chi connectivity index (χ3v) is 6.71. The maximum absolute atomic E-state index is 13.1. The Morgan fingerprint density at radius 1 is 1.12 bits per heavy atom. The SMILES string of the molecule is C=CCC(CCC)Oc1nnc(-c2cc(NC(=C)c3cnnc(C(F)(F)F)c3)cnc2C)cc1N1CCCCC1. The Labute approximate surface area is 232 Å². The molecule has 11 heteroatoms. The van der Waals surface area contributed by atoms with Gasteiger partial charge < -0.3 is 15.0 Å². The number of hydrogen-bond donors (Lipinski definition) is 1. The van der Waals surface area contributed by atoms with Crippen LogP contribution in [0.2, 0.25) is 0 Å². The minimum absolute atomic E-state index is 0.0336. The van der Waals surface area contributed by atoms with Gasteiger partial charge in [0.1, 0.15) is 11.8 Å². The highest BCUT2D eigenvalue weighted by atomic mass is 19.4. The van der Waals surface area contributed by atoms with Crippen LogP contribution in [0, 0.1) is 6.92 Å². The Bertz CT molecular complexity index is 1340. The van der Waals surface area contributed by atoms with E-state index in [1.807, 2.05) is 25.1 Å². The molecule has 1 saturated heterocycles. The molecule has 0 aromatic carbocycles. The van der Waals surface area contributed by atoms with Crippen LogP contribution in [0.15, 0.2) is 49.8 Å². The normalized spacial score (nSPS) is 14.5. The second-order valence-electron chi connectivity index (χ2n) is 9.81. The second kappa shape index (κ2) is 12.9. The molecule has 0 aliphatic carbocycles. The van der Waals surface area contributed by atoms with E-state index >= 15 is 0 Å². The van der Waals surface area contributed by atoms with Gasteiger partial charge in [-0.05, 0) is 50.8 Å². The zero-order chi connectivity index (χ0) is 28.7. The van der Waals surface area contributed by atoms with Gasteiger partial charge in [0, 0.05) is 42.0 Å². The van der Waals surface area contributed by atoms with Crippen LogP contribution in [0.1, 0.15) is 62.4 Å². The number of anilines is 2. The van der Waals surface area contributed by atoms with E-state index in [-0.39, 0.29) is 17.4 Å². The highest BCUT2D eigenvalue weighted by Crippen LogP contribution is 2.35. The summed E-state index contributed by atoms with van der Waals surface area (Å²) in [6.07, 6.45) is 5.97. The van der Waals surface area contributed by atoms with Gasteiger partial charge in [-0.25, -0.2) is 0 Å². The van der Waals surface area contributed by atoms with Gasteiger partial charge in [-0.3, -0.25) is 4.98 Å². The van der Waals surface area contributed by atoms with E-state index in [9.17, 15) is 13.2 Å². The van der Waals surface area contributed by atoms with E-state index in [1.54, 1.807) is 6.20 Å². The van der Waals surface area contributed by atoms with Gasteiger partial charge in [0.15, 0.2) is 5.69 Å². The van der Waals surface area contributed by atoms with Crippen LogP contribution in [0.25, 0.3) is 17.0 Å². The maximum atomic E-state index is 13.1. The lowest BCUT2D eigenvalue weighted by atomic mass is 10.1. The van der Waals surface area contributed by atoms with E-state index < -0.39 is 11.9 Å². The van der Waals surface area contributed by atoms with Crippen molar-refractivity contribution in [3.8, 4) is 17.1 Å². The van der Waals surface area contributed by atoms with Crippen LogP contribution in [0.5, 0.6) is 5.88 Å². The zero-order valence-corrected chi connectivity index (χ0v) is 22.8. The van der Waals surface area contributed by atoms with E-state index in [0.29, 0.717) is 17.3 Å². The number of aromatic nitrogens is 5. The number of hydrogen-bond acceptors (Lipinski definition) is 8. The van der Waals surface area contributed by atoms with Crippen LogP contribution in [0.3, 0.4) is 0 Å². The van der Waals surface area contributed by atoms with Crippen molar-refractivity contribution < 1.29 is 17.9 Å². The lowest BCUT2D eigenvalue weighted by molar-refractivity contribution is -0.141. The fourth-order valence-electron chi connectivity index (χ4n) is 4.62. The van der Waals surface area contributed by atoms with Crippen molar-refractivity contribution >= 4 is 17.1 Å². The summed E-state index contributed by atoms with van der Waals surface area (Å²) in [5.41, 5.74) is 2.80. The summed E-state index contributed by atoms with van der Waals surface area (Å²) in [5.74, 6) is 0.505. The molecule has 1 aliphatic heterocycles. The lowest BCUT2D eigenvalue weighted by Gasteiger charge is -2.30. The summed E-state index contributed by atoms with van der Waals surface area (Å²) in [7, 11) is 0. The van der Waals surface area contributed by atoms with Crippen molar-refractivity contribution in [2.45, 2.75) is 64.7 Å². The number of aryl methyl sites for hydroxylation is 1. The van der Waals surface area contributed by atoms with Crippen LogP contribution in [-0.2, 0) is 6.18 Å². The van der Waals surface area contributed by atoms with Crippen molar-refractivity contribution in [1.82, 2.24) is 25.4 Å². The molecular weight excluding hydrogens is 519 g/mol. The molecule has 0 amide bonds. The number of halogens is 3. The second-order valence-corrected chi connectivity index (χ2v) is 9.81. The average molecular weight is 554 g/mol. The molecule has 0 saturated carbocycles. The van der Waals surface area contributed by atoms with Crippen LogP contribution >= 0.6 is 0 Å². The van der Waals surface area contributed by atoms with E-state index in [4.69, 9.17) is 4.74 Å². The van der Waals surface area contributed by atoms with E-state index in [1.165, 1.54) is 12.6 Å². The highest BCUT2D eigenvalue weighted by Gasteiger charge is 2.33. The quantitative estimate of drug-likeness (QED) is 0.258. The number of nitrogens with zero attached hydrogens (tertiary/aromatic N) is 6. The molecule has 0 spiro atoms. The summed E-state index contributed by atoms with van der Waals surface area (Å²) in [4.78, 5) is 6.77. The molecule has 4 heterocycles. The number of rotatable bonds is 11. The van der Waals surface area contributed by atoms with Crippen molar-refractivity contribution in [3.05, 3.63) is 66.8 Å². The number of piperidine rings is 1. The standard InChI is InChI=1S/C29H34F3N7O/c1-5-10-23(11-6-2)40-28-26(39-12-8-7-9-13-39)16-25(36-38-28)24-15-22(18-33-20(24)4)35-19(3)21-14-27(29(30,31)32)37-34-17-21/h5,14-18,23,35H,1,3,6-13H2,2,4H3. The smallest absolute Gasteiger partial charge is 0.435 e. The number of pyridine rings is 1. The Morgan fingerprint density at radius 2 is 1.90 bits per heavy atom. The molecular formula is C29H34F3N7O. The molecule has 1 N–H and O–H groups in total. The van der Waals surface area contributed by atoms with Crippen LogP contribution in [-0.4, -0.2) is 44.6 Å². The molecule has 0 bridgehead atoms. The summed E-state index contributed by atoms with van der Waals surface area (Å²) < 4.78 is 45.6. The fourth-order valence-corrected chi connectivity index (χ4v) is 4.62. The topological polar surface area (TPSA) is 89.0 Å². The number of alkyl halides is 3. The van der Waals surface area contributed by atoms with Gasteiger partial charge in [0.25, 0.3) is 5.88 Å². The first-order valence-corrected chi connectivity index (χ1v) is 13.4. The molecule has 1 aliphatic rings. The molecule has 0 radical (unpaired) electrons. The van der Waals surface area contributed by atoms with E-state index in [2.05, 4.69) is 55.7 Å². The van der Waals surface area contributed by atoms with Crippen LogP contribution < -0.4 is 15.0 Å². The first-order chi connectivity index (χ1) is 19.2. The first kappa shape index (κ1) is 29.0. The number of nitrogens with one attached hydrogen (secondary N) is 1. The highest BCUT2D eigenvalue weighted by molar-refractivity contribution is 5.78. The van der Waals surface area contributed by atoms with Gasteiger partial charge in [0.2, 0.25) is 0 Å². The molecule has 212 valence electrons. The molecule has 1 atom stereocenters. The zero-order valence-electron chi connectivity index (χ0n) is 22.8. The van der Waals surface area contributed by atoms with Gasteiger partial charge in [0.05, 0.1) is 23.8 Å². The van der Waals surface area contributed by atoms with Gasteiger partial charge in [-0.1, -0.05) is 26.0 Å².